The van der Waals surface area contributed by atoms with Crippen LogP contribution in [-0.2, 0) is 16.1 Å². The molecule has 1 N–H and O–H groups in total. The molecular weight excluding hydrogens is 498 g/mol. The van der Waals surface area contributed by atoms with E-state index in [1.807, 2.05) is 45.0 Å². The summed E-state index contributed by atoms with van der Waals surface area (Å²) in [5, 5.41) is 5.24. The Labute approximate surface area is 226 Å². The van der Waals surface area contributed by atoms with Crippen molar-refractivity contribution in [1.82, 2.24) is 14.5 Å². The van der Waals surface area contributed by atoms with Crippen molar-refractivity contribution < 1.29 is 19.0 Å². The van der Waals surface area contributed by atoms with Crippen LogP contribution in [0.2, 0.25) is 0 Å². The number of esters is 1. The second-order valence-electron chi connectivity index (χ2n) is 10.4. The number of carbonyl (C=O) groups excluding carboxylic acids is 1. The molecule has 0 saturated carbocycles. The lowest BCUT2D eigenvalue weighted by Gasteiger charge is -2.19. The highest BCUT2D eigenvalue weighted by atomic mass is 32.1. The van der Waals surface area contributed by atoms with Crippen LogP contribution in [0, 0.1) is 6.92 Å². The lowest BCUT2D eigenvalue weighted by atomic mass is 10.1. The van der Waals surface area contributed by atoms with Crippen molar-refractivity contribution in [3.63, 3.8) is 0 Å². The van der Waals surface area contributed by atoms with Gasteiger partial charge in [0.2, 0.25) is 0 Å². The van der Waals surface area contributed by atoms with E-state index in [9.17, 15) is 4.79 Å². The first-order chi connectivity index (χ1) is 18.2. The maximum Gasteiger partial charge on any atom is 0.306 e. The fourth-order valence-electron chi connectivity index (χ4n) is 4.82. The average molecular weight is 532 g/mol. The van der Waals surface area contributed by atoms with E-state index in [0.717, 1.165) is 60.8 Å². The number of fused-ring (bicyclic) bond motifs is 2. The van der Waals surface area contributed by atoms with Crippen molar-refractivity contribution in [3.05, 3.63) is 53.7 Å². The number of nitrogens with one attached hydrogen (secondary N) is 1. The number of aryl methyl sites for hydroxylation is 2. The summed E-state index contributed by atoms with van der Waals surface area (Å²) in [6.45, 7) is 8.42. The van der Waals surface area contributed by atoms with Gasteiger partial charge < -0.3 is 23.8 Å². The van der Waals surface area contributed by atoms with Gasteiger partial charge in [-0.3, -0.25) is 4.79 Å². The molecule has 3 heterocycles. The summed E-state index contributed by atoms with van der Waals surface area (Å²) in [5.74, 6) is 1.43. The van der Waals surface area contributed by atoms with Gasteiger partial charge >= 0.3 is 5.97 Å². The van der Waals surface area contributed by atoms with Gasteiger partial charge in [-0.15, -0.1) is 11.3 Å². The van der Waals surface area contributed by atoms with Crippen LogP contribution in [-0.4, -0.2) is 40.3 Å². The molecule has 0 atom stereocenters. The van der Waals surface area contributed by atoms with Crippen LogP contribution < -0.4 is 9.47 Å². The normalized spacial score (nSPS) is 11.8. The topological polar surface area (TPSA) is 78.4 Å². The van der Waals surface area contributed by atoms with Gasteiger partial charge in [-0.1, -0.05) is 0 Å². The molecule has 0 spiro atoms. The minimum Gasteiger partial charge on any atom is -0.497 e. The first-order valence-corrected chi connectivity index (χ1v) is 13.6. The molecule has 0 aliphatic heterocycles. The number of carbonyl (C=O) groups is 1. The van der Waals surface area contributed by atoms with Crippen LogP contribution in [0.1, 0.15) is 39.3 Å². The SMILES string of the molecule is COc1ccc2[nH]c(C)c(-c3csc(-c4cn(CCCC(=O)OC(C)(C)C)c5cc(OC)ccc45)n3)c2c1. The van der Waals surface area contributed by atoms with Gasteiger partial charge in [0.1, 0.15) is 22.1 Å². The summed E-state index contributed by atoms with van der Waals surface area (Å²) in [4.78, 5) is 20.8. The molecule has 8 heteroatoms. The van der Waals surface area contributed by atoms with Crippen molar-refractivity contribution in [2.45, 2.75) is 52.7 Å². The van der Waals surface area contributed by atoms with Crippen molar-refractivity contribution in [2.24, 2.45) is 0 Å². The Bertz CT molecular complexity index is 1620. The summed E-state index contributed by atoms with van der Waals surface area (Å²) in [7, 11) is 3.35. The zero-order chi connectivity index (χ0) is 27.0. The zero-order valence-electron chi connectivity index (χ0n) is 22.7. The van der Waals surface area contributed by atoms with E-state index in [1.54, 1.807) is 25.6 Å². The standard InChI is InChI=1S/C30H33N3O4S/c1-18-28(22-14-19(35-5)10-12-24(22)31-18)25-17-38-29(32-25)23-16-33(13-7-8-27(34)37-30(2,3)4)26-15-20(36-6)9-11-21(23)26/h9-12,14-17,31H,7-8,13H2,1-6H3. The summed E-state index contributed by atoms with van der Waals surface area (Å²) in [6, 6.07) is 12.1. The predicted molar refractivity (Wildman–Crippen MR) is 153 cm³/mol. The highest BCUT2D eigenvalue weighted by molar-refractivity contribution is 7.13. The molecule has 7 nitrogen and oxygen atoms in total. The number of methoxy groups -OCH3 is 2. The van der Waals surface area contributed by atoms with Crippen LogP contribution in [0.3, 0.4) is 0 Å². The Morgan fingerprint density at radius 1 is 1.05 bits per heavy atom. The molecular formula is C30H33N3O4S. The number of hydrogen-bond donors (Lipinski definition) is 1. The third-order valence-electron chi connectivity index (χ3n) is 6.47. The second-order valence-corrected chi connectivity index (χ2v) is 11.2. The average Bonchev–Trinajstić information content (AvgIpc) is 3.57. The molecule has 0 unspecified atom stereocenters. The maximum absolute atomic E-state index is 12.2. The lowest BCUT2D eigenvalue weighted by molar-refractivity contribution is -0.154. The molecule has 0 aliphatic rings. The van der Waals surface area contributed by atoms with Crippen molar-refractivity contribution in [3.8, 4) is 33.3 Å². The Morgan fingerprint density at radius 3 is 2.53 bits per heavy atom. The third-order valence-corrected chi connectivity index (χ3v) is 7.35. The van der Waals surface area contributed by atoms with Crippen LogP contribution >= 0.6 is 11.3 Å². The minimum absolute atomic E-state index is 0.179. The first kappa shape index (κ1) is 25.9. The molecule has 0 radical (unpaired) electrons. The molecule has 0 amide bonds. The van der Waals surface area contributed by atoms with E-state index in [4.69, 9.17) is 19.2 Å². The number of thiazole rings is 1. The first-order valence-electron chi connectivity index (χ1n) is 12.7. The smallest absolute Gasteiger partial charge is 0.306 e. The molecule has 5 aromatic rings. The van der Waals surface area contributed by atoms with Crippen LogP contribution in [0.5, 0.6) is 11.5 Å². The summed E-state index contributed by atoms with van der Waals surface area (Å²) >= 11 is 1.63. The molecule has 38 heavy (non-hydrogen) atoms. The Hall–Kier alpha value is -3.78. The number of nitrogens with zero attached hydrogens (tertiary/aromatic N) is 2. The van der Waals surface area contributed by atoms with Gasteiger partial charge in [-0.2, -0.15) is 0 Å². The van der Waals surface area contributed by atoms with E-state index >= 15 is 0 Å². The lowest BCUT2D eigenvalue weighted by Crippen LogP contribution is -2.23. The largest absolute Gasteiger partial charge is 0.497 e. The monoisotopic (exact) mass is 531 g/mol. The summed E-state index contributed by atoms with van der Waals surface area (Å²) in [6.07, 6.45) is 3.17. The molecule has 5 rings (SSSR count). The number of hydrogen-bond acceptors (Lipinski definition) is 6. The highest BCUT2D eigenvalue weighted by Gasteiger charge is 2.19. The number of aromatic amines is 1. The van der Waals surface area contributed by atoms with Gasteiger partial charge in [-0.05, 0) is 64.4 Å². The summed E-state index contributed by atoms with van der Waals surface area (Å²) in [5.41, 5.74) is 5.78. The second kappa shape index (κ2) is 10.2. The molecule has 198 valence electrons. The maximum atomic E-state index is 12.2. The van der Waals surface area contributed by atoms with E-state index in [1.165, 1.54) is 0 Å². The number of H-pyrrole nitrogens is 1. The van der Waals surface area contributed by atoms with Gasteiger partial charge in [0.05, 0.1) is 25.4 Å². The van der Waals surface area contributed by atoms with Crippen LogP contribution in [0.25, 0.3) is 43.6 Å². The fraction of sp³-hybridized carbons (Fsp3) is 0.333. The predicted octanol–water partition coefficient (Wildman–Crippen LogP) is 7.36. The number of benzene rings is 2. The molecule has 0 bridgehead atoms. The molecule has 3 aromatic heterocycles. The number of rotatable bonds is 8. The third kappa shape index (κ3) is 5.13. The highest BCUT2D eigenvalue weighted by Crippen LogP contribution is 2.39. The molecule has 0 fully saturated rings. The van der Waals surface area contributed by atoms with E-state index in [0.29, 0.717) is 19.4 Å². The summed E-state index contributed by atoms with van der Waals surface area (Å²) < 4.78 is 18.6. The van der Waals surface area contributed by atoms with Gasteiger partial charge in [0.25, 0.3) is 0 Å². The van der Waals surface area contributed by atoms with Gasteiger partial charge in [-0.25, -0.2) is 4.98 Å². The van der Waals surface area contributed by atoms with Gasteiger partial charge in [0.15, 0.2) is 0 Å². The molecule has 0 aliphatic carbocycles. The fourth-order valence-corrected chi connectivity index (χ4v) is 5.65. The number of aromatic nitrogens is 3. The van der Waals surface area contributed by atoms with Crippen LogP contribution in [0.15, 0.2) is 48.0 Å². The van der Waals surface area contributed by atoms with Gasteiger partial charge in [0, 0.05) is 63.7 Å². The van der Waals surface area contributed by atoms with Crippen molar-refractivity contribution in [1.29, 1.82) is 0 Å². The van der Waals surface area contributed by atoms with Crippen LogP contribution in [0.4, 0.5) is 0 Å². The van der Waals surface area contributed by atoms with Crippen molar-refractivity contribution in [2.75, 3.05) is 14.2 Å². The Balaban J connectivity index is 1.49. The molecule has 0 saturated heterocycles. The zero-order valence-corrected chi connectivity index (χ0v) is 23.5. The minimum atomic E-state index is -0.478. The Kier molecular flexibility index (Phi) is 6.92. The van der Waals surface area contributed by atoms with E-state index in [-0.39, 0.29) is 5.97 Å². The number of ether oxygens (including phenoxy) is 3. The Morgan fingerprint density at radius 2 is 1.79 bits per heavy atom. The molecule has 2 aromatic carbocycles. The quantitative estimate of drug-likeness (QED) is 0.212. The van der Waals surface area contributed by atoms with E-state index in [2.05, 4.69) is 40.2 Å². The van der Waals surface area contributed by atoms with Crippen molar-refractivity contribution >= 4 is 39.1 Å². The van der Waals surface area contributed by atoms with E-state index < -0.39 is 5.60 Å².